The molecule has 0 aliphatic heterocycles. The molecule has 0 spiro atoms. The van der Waals surface area contributed by atoms with E-state index < -0.39 is 5.97 Å². The van der Waals surface area contributed by atoms with Gasteiger partial charge in [-0.1, -0.05) is 11.6 Å². The van der Waals surface area contributed by atoms with Gasteiger partial charge in [0.2, 0.25) is 5.88 Å². The van der Waals surface area contributed by atoms with Gasteiger partial charge in [-0.3, -0.25) is 0 Å². The van der Waals surface area contributed by atoms with Crippen molar-refractivity contribution in [1.29, 1.82) is 0 Å². The summed E-state index contributed by atoms with van der Waals surface area (Å²) in [5.41, 5.74) is 0.102. The fourth-order valence-corrected chi connectivity index (χ4v) is 1.54. The van der Waals surface area contributed by atoms with Crippen molar-refractivity contribution < 1.29 is 19.4 Å². The molecular formula is C13H10ClNO4. The van der Waals surface area contributed by atoms with Crippen LogP contribution in [0.3, 0.4) is 0 Å². The van der Waals surface area contributed by atoms with Crippen LogP contribution < -0.4 is 9.47 Å². The summed E-state index contributed by atoms with van der Waals surface area (Å²) in [4.78, 5) is 14.9. The van der Waals surface area contributed by atoms with Crippen LogP contribution in [-0.2, 0) is 0 Å². The summed E-state index contributed by atoms with van der Waals surface area (Å²) in [6, 6.07) is 7.53. The number of carboxylic acids is 1. The van der Waals surface area contributed by atoms with Crippen molar-refractivity contribution in [3.8, 4) is 17.4 Å². The van der Waals surface area contributed by atoms with Crippen LogP contribution in [-0.4, -0.2) is 23.2 Å². The summed E-state index contributed by atoms with van der Waals surface area (Å²) in [7, 11) is 1.47. The minimum atomic E-state index is -1.04. The van der Waals surface area contributed by atoms with E-state index in [-0.39, 0.29) is 11.3 Å². The Morgan fingerprint density at radius 2 is 2.05 bits per heavy atom. The largest absolute Gasteiger partial charge is 0.493 e. The van der Waals surface area contributed by atoms with Crippen molar-refractivity contribution in [2.45, 2.75) is 0 Å². The van der Waals surface area contributed by atoms with Crippen molar-refractivity contribution in [2.24, 2.45) is 0 Å². The van der Waals surface area contributed by atoms with Crippen LogP contribution >= 0.6 is 11.6 Å². The molecule has 1 aromatic carbocycles. The van der Waals surface area contributed by atoms with Crippen molar-refractivity contribution in [2.75, 3.05) is 7.11 Å². The number of aromatic nitrogens is 1. The Bertz CT molecular complexity index is 598. The van der Waals surface area contributed by atoms with Crippen molar-refractivity contribution in [3.05, 3.63) is 47.1 Å². The van der Waals surface area contributed by atoms with E-state index >= 15 is 0 Å². The van der Waals surface area contributed by atoms with Gasteiger partial charge in [0.15, 0.2) is 11.5 Å². The van der Waals surface area contributed by atoms with Gasteiger partial charge in [0.1, 0.15) is 0 Å². The molecule has 0 saturated heterocycles. The van der Waals surface area contributed by atoms with Crippen molar-refractivity contribution in [1.82, 2.24) is 4.98 Å². The van der Waals surface area contributed by atoms with Gasteiger partial charge in [-0.05, 0) is 24.3 Å². The van der Waals surface area contributed by atoms with Gasteiger partial charge >= 0.3 is 5.97 Å². The Balaban J connectivity index is 2.34. The summed E-state index contributed by atoms with van der Waals surface area (Å²) in [5.74, 6) is -0.0548. The molecule has 19 heavy (non-hydrogen) atoms. The molecule has 1 heterocycles. The normalized spacial score (nSPS) is 10.0. The standard InChI is InChI=1S/C13H10ClNO4/c1-18-10-4-2-8(13(16)17)6-11(10)19-12-5-3-9(14)7-15-12/h2-7H,1H3,(H,16,17). The zero-order valence-corrected chi connectivity index (χ0v) is 10.7. The van der Waals surface area contributed by atoms with E-state index in [1.54, 1.807) is 12.1 Å². The summed E-state index contributed by atoms with van der Waals surface area (Å²) in [5, 5.41) is 9.43. The number of nitrogens with zero attached hydrogens (tertiary/aromatic N) is 1. The number of carboxylic acid groups (broad SMARTS) is 1. The number of aromatic carboxylic acids is 1. The fourth-order valence-electron chi connectivity index (χ4n) is 1.42. The molecule has 0 aliphatic carbocycles. The number of benzene rings is 1. The van der Waals surface area contributed by atoms with E-state index in [0.29, 0.717) is 16.7 Å². The lowest BCUT2D eigenvalue weighted by Gasteiger charge is -2.10. The second kappa shape index (κ2) is 5.58. The topological polar surface area (TPSA) is 68.7 Å². The van der Waals surface area contributed by atoms with Crippen LogP contribution in [0.5, 0.6) is 17.4 Å². The molecule has 2 rings (SSSR count). The highest BCUT2D eigenvalue weighted by atomic mass is 35.5. The summed E-state index contributed by atoms with van der Waals surface area (Å²) in [6.45, 7) is 0. The maximum Gasteiger partial charge on any atom is 0.335 e. The Hall–Kier alpha value is -2.27. The quantitative estimate of drug-likeness (QED) is 0.930. The third kappa shape index (κ3) is 3.14. The molecule has 5 nitrogen and oxygen atoms in total. The number of hydrogen-bond acceptors (Lipinski definition) is 4. The van der Waals surface area contributed by atoms with E-state index in [0.717, 1.165) is 0 Å². The average molecular weight is 280 g/mol. The number of rotatable bonds is 4. The fraction of sp³-hybridized carbons (Fsp3) is 0.0769. The monoisotopic (exact) mass is 279 g/mol. The van der Waals surface area contributed by atoms with Crippen LogP contribution in [0.15, 0.2) is 36.5 Å². The smallest absolute Gasteiger partial charge is 0.335 e. The molecule has 0 atom stereocenters. The van der Waals surface area contributed by atoms with Gasteiger partial charge in [-0.25, -0.2) is 9.78 Å². The molecule has 2 aromatic rings. The molecule has 0 bridgehead atoms. The zero-order valence-electron chi connectivity index (χ0n) is 9.96. The maximum absolute atomic E-state index is 10.9. The summed E-state index contributed by atoms with van der Waals surface area (Å²) in [6.07, 6.45) is 1.43. The van der Waals surface area contributed by atoms with Gasteiger partial charge in [0, 0.05) is 12.3 Å². The molecule has 0 unspecified atom stereocenters. The minimum absolute atomic E-state index is 0.102. The van der Waals surface area contributed by atoms with Crippen LogP contribution in [0.25, 0.3) is 0 Å². The Kier molecular flexibility index (Phi) is 3.87. The first-order valence-corrected chi connectivity index (χ1v) is 5.68. The van der Waals surface area contributed by atoms with E-state index in [2.05, 4.69) is 4.98 Å². The number of carbonyl (C=O) groups is 1. The van der Waals surface area contributed by atoms with Crippen LogP contribution in [0.1, 0.15) is 10.4 Å². The highest BCUT2D eigenvalue weighted by molar-refractivity contribution is 6.30. The van der Waals surface area contributed by atoms with E-state index in [9.17, 15) is 4.79 Å². The molecule has 0 aliphatic rings. The van der Waals surface area contributed by atoms with Crippen molar-refractivity contribution >= 4 is 17.6 Å². The van der Waals surface area contributed by atoms with Gasteiger partial charge < -0.3 is 14.6 Å². The second-order valence-electron chi connectivity index (χ2n) is 3.59. The number of hydrogen-bond donors (Lipinski definition) is 1. The Morgan fingerprint density at radius 3 is 2.63 bits per heavy atom. The van der Waals surface area contributed by atoms with Crippen LogP contribution in [0.4, 0.5) is 0 Å². The highest BCUT2D eigenvalue weighted by Crippen LogP contribution is 2.31. The first kappa shape index (κ1) is 13.2. The van der Waals surface area contributed by atoms with Gasteiger partial charge in [-0.15, -0.1) is 0 Å². The average Bonchev–Trinajstić information content (AvgIpc) is 2.41. The molecular weight excluding hydrogens is 270 g/mol. The first-order chi connectivity index (χ1) is 9.10. The third-order valence-corrected chi connectivity index (χ3v) is 2.55. The molecule has 0 amide bonds. The minimum Gasteiger partial charge on any atom is -0.493 e. The molecule has 1 aromatic heterocycles. The summed E-state index contributed by atoms with van der Waals surface area (Å²) >= 11 is 5.72. The lowest BCUT2D eigenvalue weighted by atomic mass is 10.2. The molecule has 0 radical (unpaired) electrons. The number of ether oxygens (including phenoxy) is 2. The van der Waals surface area contributed by atoms with E-state index in [1.165, 1.54) is 31.5 Å². The third-order valence-electron chi connectivity index (χ3n) is 2.33. The Labute approximate surface area is 114 Å². The highest BCUT2D eigenvalue weighted by Gasteiger charge is 2.11. The molecule has 1 N–H and O–H groups in total. The van der Waals surface area contributed by atoms with E-state index in [4.69, 9.17) is 26.2 Å². The summed E-state index contributed by atoms with van der Waals surface area (Å²) < 4.78 is 10.6. The molecule has 98 valence electrons. The number of pyridine rings is 1. The Morgan fingerprint density at radius 1 is 1.26 bits per heavy atom. The SMILES string of the molecule is COc1ccc(C(=O)O)cc1Oc1ccc(Cl)cn1. The van der Waals surface area contributed by atoms with E-state index in [1.807, 2.05) is 0 Å². The predicted octanol–water partition coefficient (Wildman–Crippen LogP) is 3.23. The lowest BCUT2D eigenvalue weighted by molar-refractivity contribution is 0.0696. The maximum atomic E-state index is 10.9. The second-order valence-corrected chi connectivity index (χ2v) is 4.02. The molecule has 0 fully saturated rings. The van der Waals surface area contributed by atoms with Crippen LogP contribution in [0, 0.1) is 0 Å². The van der Waals surface area contributed by atoms with Gasteiger partial charge in [-0.2, -0.15) is 0 Å². The van der Waals surface area contributed by atoms with Crippen LogP contribution in [0.2, 0.25) is 5.02 Å². The first-order valence-electron chi connectivity index (χ1n) is 5.31. The lowest BCUT2D eigenvalue weighted by Crippen LogP contribution is -1.98. The number of halogens is 1. The predicted molar refractivity (Wildman–Crippen MR) is 69.3 cm³/mol. The molecule has 6 heteroatoms. The van der Waals surface area contributed by atoms with Crippen molar-refractivity contribution in [3.63, 3.8) is 0 Å². The number of methoxy groups -OCH3 is 1. The zero-order chi connectivity index (χ0) is 13.8. The van der Waals surface area contributed by atoms with Gasteiger partial charge in [0.25, 0.3) is 0 Å². The van der Waals surface area contributed by atoms with Gasteiger partial charge in [0.05, 0.1) is 17.7 Å². The molecule has 0 saturated carbocycles.